The molecule has 0 N–H and O–H groups in total. The quantitative estimate of drug-likeness (QED) is 0.166. The van der Waals surface area contributed by atoms with Gasteiger partial charge < -0.3 is 18.6 Å². The molecule has 13 rings (SSSR count). The van der Waals surface area contributed by atoms with E-state index in [9.17, 15) is 0 Å². The highest BCUT2D eigenvalue weighted by atomic mass is 16.5. The van der Waals surface area contributed by atoms with E-state index < -0.39 is 0 Å². The summed E-state index contributed by atoms with van der Waals surface area (Å²) in [6.07, 6.45) is 0. The van der Waals surface area contributed by atoms with Crippen LogP contribution >= 0.6 is 0 Å². The zero-order chi connectivity index (χ0) is 42.1. The zero-order valence-corrected chi connectivity index (χ0v) is 34.3. The lowest BCUT2D eigenvalue weighted by atomic mass is 10.0. The molecule has 1 aliphatic heterocycles. The number of furan rings is 1. The minimum Gasteiger partial charge on any atom is -0.456 e. The molecule has 64 heavy (non-hydrogen) atoms. The Balaban J connectivity index is 0.907. The van der Waals surface area contributed by atoms with Crippen molar-refractivity contribution in [2.24, 2.45) is 0 Å². The third-order valence-corrected chi connectivity index (χ3v) is 12.2. The molecule has 0 amide bonds. The molecule has 12 aromatic rings. The number of hydrogen-bond donors (Lipinski definition) is 0. The van der Waals surface area contributed by atoms with Crippen LogP contribution in [0.5, 0.6) is 11.5 Å². The summed E-state index contributed by atoms with van der Waals surface area (Å²) in [4.78, 5) is 17.3. The third-order valence-electron chi connectivity index (χ3n) is 12.2. The van der Waals surface area contributed by atoms with Gasteiger partial charge in [0.1, 0.15) is 11.2 Å². The lowest BCUT2D eigenvalue weighted by Gasteiger charge is -2.33. The Kier molecular flexibility index (Phi) is 8.08. The minimum atomic E-state index is 0.615. The molecule has 0 saturated carbocycles. The highest BCUT2D eigenvalue weighted by Crippen LogP contribution is 2.52. The first-order chi connectivity index (χ1) is 31.7. The predicted octanol–water partition coefficient (Wildman–Crippen LogP) is 15.1. The topological polar surface area (TPSA) is 69.2 Å². The van der Waals surface area contributed by atoms with Crippen LogP contribution in [0.2, 0.25) is 0 Å². The Morgan fingerprint density at radius 2 is 0.938 bits per heavy atom. The van der Waals surface area contributed by atoms with E-state index in [1.165, 1.54) is 5.39 Å². The first kappa shape index (κ1) is 35.9. The summed E-state index contributed by atoms with van der Waals surface area (Å²) in [5, 5.41) is 4.50. The van der Waals surface area contributed by atoms with E-state index in [1.54, 1.807) is 0 Å². The number of anilines is 3. The van der Waals surface area contributed by atoms with Gasteiger partial charge in [0.05, 0.1) is 22.4 Å². The van der Waals surface area contributed by atoms with E-state index in [0.717, 1.165) is 100 Å². The van der Waals surface area contributed by atoms with Crippen LogP contribution in [0.1, 0.15) is 0 Å². The van der Waals surface area contributed by atoms with Gasteiger partial charge in [-0.05, 0) is 90.0 Å². The van der Waals surface area contributed by atoms with Crippen molar-refractivity contribution in [2.75, 3.05) is 4.90 Å². The summed E-state index contributed by atoms with van der Waals surface area (Å²) < 4.78 is 15.2. The summed E-state index contributed by atoms with van der Waals surface area (Å²) in [5.74, 6) is 3.47. The van der Waals surface area contributed by atoms with Crippen LogP contribution in [0.25, 0.3) is 94.7 Å². The van der Waals surface area contributed by atoms with Gasteiger partial charge in [-0.25, -0.2) is 15.0 Å². The van der Waals surface area contributed by atoms with Crippen LogP contribution in [0, 0.1) is 0 Å². The summed E-state index contributed by atoms with van der Waals surface area (Å²) in [6, 6.07) is 73.3. The standard InChI is InChI=1S/C57H35N5O2/c1-3-14-36(15-4-1)55-58-56(37-16-5-2-6-17-37)60-57(59-55)40-18-13-19-41(32-40)61-47-22-9-7-20-43(47)45-33-38(26-29-48(45)61)39-27-30-50-54(34-39)64-53-25-12-10-23-49(53)62(50)42-28-31-52-46(35-42)44-21-8-11-24-51(44)63-52/h1-35H. The SMILES string of the molecule is c1ccc(-c2nc(-c3ccccc3)nc(-c3cccc(-n4c5ccccc5c5cc(-c6ccc7c(c6)Oc6ccccc6N7c6ccc7oc8ccccc8c7c6)ccc54)c3)n2)cc1. The van der Waals surface area contributed by atoms with Crippen molar-refractivity contribution < 1.29 is 9.15 Å². The average molecular weight is 822 g/mol. The Labute approximate surface area is 367 Å². The number of hydrogen-bond acceptors (Lipinski definition) is 6. The molecule has 3 aromatic heterocycles. The van der Waals surface area contributed by atoms with Crippen molar-refractivity contribution in [3.8, 4) is 62.5 Å². The van der Waals surface area contributed by atoms with Crippen molar-refractivity contribution in [1.82, 2.24) is 19.5 Å². The molecule has 7 nitrogen and oxygen atoms in total. The van der Waals surface area contributed by atoms with Crippen LogP contribution in [0.15, 0.2) is 217 Å². The molecular formula is C57H35N5O2. The van der Waals surface area contributed by atoms with Crippen LogP contribution in [0.3, 0.4) is 0 Å². The van der Waals surface area contributed by atoms with E-state index in [-0.39, 0.29) is 0 Å². The number of nitrogens with zero attached hydrogens (tertiary/aromatic N) is 5. The predicted molar refractivity (Wildman–Crippen MR) is 258 cm³/mol. The monoisotopic (exact) mass is 821 g/mol. The van der Waals surface area contributed by atoms with Gasteiger partial charge in [-0.3, -0.25) is 0 Å². The molecule has 9 aromatic carbocycles. The molecule has 0 saturated heterocycles. The summed E-state index contributed by atoms with van der Waals surface area (Å²) in [7, 11) is 0. The van der Waals surface area contributed by atoms with Gasteiger partial charge >= 0.3 is 0 Å². The molecule has 0 bridgehead atoms. The maximum absolute atomic E-state index is 6.69. The summed E-state index contributed by atoms with van der Waals surface area (Å²) >= 11 is 0. The number of benzene rings is 9. The largest absolute Gasteiger partial charge is 0.456 e. The van der Waals surface area contributed by atoms with Gasteiger partial charge in [0, 0.05) is 49.6 Å². The molecule has 0 spiro atoms. The molecule has 0 fully saturated rings. The molecule has 300 valence electrons. The molecular weight excluding hydrogens is 787 g/mol. The van der Waals surface area contributed by atoms with Crippen molar-refractivity contribution in [1.29, 1.82) is 0 Å². The number of ether oxygens (including phenoxy) is 1. The highest BCUT2D eigenvalue weighted by Gasteiger charge is 2.27. The Hall–Kier alpha value is -8.81. The normalized spacial score (nSPS) is 12.2. The smallest absolute Gasteiger partial charge is 0.164 e. The second-order valence-electron chi connectivity index (χ2n) is 16.0. The summed E-state index contributed by atoms with van der Waals surface area (Å²) in [5.41, 5.74) is 12.9. The molecule has 7 heteroatoms. The number of fused-ring (bicyclic) bond motifs is 8. The number of para-hydroxylation sites is 4. The van der Waals surface area contributed by atoms with Crippen molar-refractivity contribution in [3.05, 3.63) is 212 Å². The molecule has 0 atom stereocenters. The van der Waals surface area contributed by atoms with E-state index in [2.05, 4.69) is 137 Å². The maximum atomic E-state index is 6.69. The summed E-state index contributed by atoms with van der Waals surface area (Å²) in [6.45, 7) is 0. The van der Waals surface area contributed by atoms with Crippen molar-refractivity contribution in [2.45, 2.75) is 0 Å². The van der Waals surface area contributed by atoms with E-state index in [4.69, 9.17) is 24.1 Å². The van der Waals surface area contributed by atoms with Gasteiger partial charge in [-0.1, -0.05) is 133 Å². The van der Waals surface area contributed by atoms with Gasteiger partial charge in [0.2, 0.25) is 0 Å². The second-order valence-corrected chi connectivity index (χ2v) is 16.0. The lowest BCUT2D eigenvalue weighted by molar-refractivity contribution is 0.477. The molecule has 4 heterocycles. The first-order valence-electron chi connectivity index (χ1n) is 21.3. The molecule has 0 radical (unpaired) electrons. The first-order valence-corrected chi connectivity index (χ1v) is 21.3. The number of rotatable bonds is 6. The van der Waals surface area contributed by atoms with E-state index in [1.807, 2.05) is 84.9 Å². The molecule has 1 aliphatic rings. The van der Waals surface area contributed by atoms with Gasteiger partial charge in [0.15, 0.2) is 29.0 Å². The number of aromatic nitrogens is 4. The second kappa shape index (κ2) is 14.4. The minimum absolute atomic E-state index is 0.615. The fourth-order valence-electron chi connectivity index (χ4n) is 9.22. The average Bonchev–Trinajstić information content (AvgIpc) is 3.91. The maximum Gasteiger partial charge on any atom is 0.164 e. The highest BCUT2D eigenvalue weighted by molar-refractivity contribution is 6.11. The Bertz CT molecular complexity index is 3720. The van der Waals surface area contributed by atoms with Crippen LogP contribution < -0.4 is 9.64 Å². The van der Waals surface area contributed by atoms with Crippen LogP contribution in [-0.4, -0.2) is 19.5 Å². The fourth-order valence-corrected chi connectivity index (χ4v) is 9.22. The molecule has 0 aliphatic carbocycles. The van der Waals surface area contributed by atoms with Gasteiger partial charge in [-0.15, -0.1) is 0 Å². The van der Waals surface area contributed by atoms with Gasteiger partial charge in [0.25, 0.3) is 0 Å². The lowest BCUT2D eigenvalue weighted by Crippen LogP contribution is -2.15. The zero-order valence-electron chi connectivity index (χ0n) is 34.3. The molecule has 0 unspecified atom stereocenters. The van der Waals surface area contributed by atoms with E-state index >= 15 is 0 Å². The van der Waals surface area contributed by atoms with E-state index in [0.29, 0.717) is 17.5 Å². The van der Waals surface area contributed by atoms with Crippen LogP contribution in [0.4, 0.5) is 17.1 Å². The van der Waals surface area contributed by atoms with Crippen molar-refractivity contribution in [3.63, 3.8) is 0 Å². The Morgan fingerprint density at radius 3 is 1.75 bits per heavy atom. The Morgan fingerprint density at radius 1 is 0.328 bits per heavy atom. The fraction of sp³-hybridized carbons (Fsp3) is 0. The third kappa shape index (κ3) is 5.86. The van der Waals surface area contributed by atoms with Crippen molar-refractivity contribution >= 4 is 60.8 Å². The van der Waals surface area contributed by atoms with Crippen LogP contribution in [-0.2, 0) is 0 Å². The van der Waals surface area contributed by atoms with Gasteiger partial charge in [-0.2, -0.15) is 0 Å².